The van der Waals surface area contributed by atoms with Crippen LogP contribution in [0.2, 0.25) is 0 Å². The highest BCUT2D eigenvalue weighted by molar-refractivity contribution is 5.52. The molecular weight excluding hydrogens is 291 g/mol. The van der Waals surface area contributed by atoms with Crippen molar-refractivity contribution in [2.75, 3.05) is 18.4 Å². The molecule has 0 amide bonds. The topological polar surface area (TPSA) is 55.9 Å². The molecule has 2 aromatic rings. The summed E-state index contributed by atoms with van der Waals surface area (Å²) in [4.78, 5) is 0. The lowest BCUT2D eigenvalue weighted by Gasteiger charge is -2.24. The van der Waals surface area contributed by atoms with Crippen molar-refractivity contribution in [2.45, 2.75) is 44.4 Å². The summed E-state index contributed by atoms with van der Waals surface area (Å²) >= 11 is 0. The highest BCUT2D eigenvalue weighted by Crippen LogP contribution is 2.37. The predicted octanol–water partition coefficient (Wildman–Crippen LogP) is 3.82. The van der Waals surface area contributed by atoms with Crippen LogP contribution in [0.15, 0.2) is 30.5 Å². The standard InChI is InChI=1S/C18H25FN4/c19-15-9-4-5-10-17(15)23-18(14-7-2-1-3-8-14)16(13-22-23)21-12-6-11-20/h4-5,9-10,13-14,21H,1-3,6-8,11-12,20H2. The van der Waals surface area contributed by atoms with Crippen molar-refractivity contribution in [1.29, 1.82) is 0 Å². The van der Waals surface area contributed by atoms with Crippen LogP contribution in [0.4, 0.5) is 10.1 Å². The van der Waals surface area contributed by atoms with Crippen LogP contribution in [0, 0.1) is 5.82 Å². The number of nitrogens with zero attached hydrogens (tertiary/aromatic N) is 2. The summed E-state index contributed by atoms with van der Waals surface area (Å²) in [6.45, 7) is 1.48. The molecule has 23 heavy (non-hydrogen) atoms. The van der Waals surface area contributed by atoms with E-state index in [2.05, 4.69) is 10.4 Å². The van der Waals surface area contributed by atoms with Crippen LogP contribution < -0.4 is 11.1 Å². The molecule has 0 radical (unpaired) electrons. The second kappa shape index (κ2) is 7.59. The first-order valence-electron chi connectivity index (χ1n) is 8.58. The summed E-state index contributed by atoms with van der Waals surface area (Å²) in [5, 5.41) is 7.92. The minimum atomic E-state index is -0.235. The Morgan fingerprint density at radius 3 is 2.74 bits per heavy atom. The van der Waals surface area contributed by atoms with Crippen molar-refractivity contribution in [1.82, 2.24) is 9.78 Å². The number of para-hydroxylation sites is 1. The van der Waals surface area contributed by atoms with E-state index in [1.807, 2.05) is 12.3 Å². The molecule has 0 aliphatic heterocycles. The maximum absolute atomic E-state index is 14.2. The number of anilines is 1. The Morgan fingerprint density at radius 1 is 1.22 bits per heavy atom. The van der Waals surface area contributed by atoms with Gasteiger partial charge in [0.25, 0.3) is 0 Å². The van der Waals surface area contributed by atoms with E-state index in [1.54, 1.807) is 16.8 Å². The Balaban J connectivity index is 1.96. The SMILES string of the molecule is NCCCNc1cnn(-c2ccccc2F)c1C1CCCCC1. The van der Waals surface area contributed by atoms with Crippen LogP contribution >= 0.6 is 0 Å². The lowest BCUT2D eigenvalue weighted by atomic mass is 9.86. The third-order valence-electron chi connectivity index (χ3n) is 4.58. The molecule has 0 spiro atoms. The van der Waals surface area contributed by atoms with Crippen molar-refractivity contribution in [3.63, 3.8) is 0 Å². The van der Waals surface area contributed by atoms with E-state index in [0.717, 1.165) is 37.2 Å². The van der Waals surface area contributed by atoms with Gasteiger partial charge in [-0.15, -0.1) is 0 Å². The van der Waals surface area contributed by atoms with Gasteiger partial charge in [-0.2, -0.15) is 5.10 Å². The van der Waals surface area contributed by atoms with Gasteiger partial charge in [-0.1, -0.05) is 31.4 Å². The molecular formula is C18H25FN4. The van der Waals surface area contributed by atoms with Gasteiger partial charge in [0.15, 0.2) is 0 Å². The summed E-state index contributed by atoms with van der Waals surface area (Å²) in [7, 11) is 0. The van der Waals surface area contributed by atoms with Crippen LogP contribution in [0.5, 0.6) is 0 Å². The number of benzene rings is 1. The van der Waals surface area contributed by atoms with Crippen LogP contribution in [0.1, 0.15) is 50.1 Å². The van der Waals surface area contributed by atoms with Gasteiger partial charge in [-0.3, -0.25) is 0 Å². The molecule has 0 bridgehead atoms. The molecule has 1 aliphatic carbocycles. The largest absolute Gasteiger partial charge is 0.382 e. The number of hydrogen-bond donors (Lipinski definition) is 2. The zero-order valence-electron chi connectivity index (χ0n) is 13.5. The molecule has 1 fully saturated rings. The fourth-order valence-electron chi connectivity index (χ4n) is 3.40. The Morgan fingerprint density at radius 2 is 2.00 bits per heavy atom. The van der Waals surface area contributed by atoms with E-state index in [4.69, 9.17) is 5.73 Å². The van der Waals surface area contributed by atoms with Crippen molar-refractivity contribution in [2.24, 2.45) is 5.73 Å². The van der Waals surface area contributed by atoms with E-state index in [-0.39, 0.29) is 5.82 Å². The van der Waals surface area contributed by atoms with Crippen molar-refractivity contribution in [3.05, 3.63) is 42.0 Å². The molecule has 0 saturated heterocycles. The quantitative estimate of drug-likeness (QED) is 0.797. The fraction of sp³-hybridized carbons (Fsp3) is 0.500. The Kier molecular flexibility index (Phi) is 5.28. The molecule has 5 heteroatoms. The van der Waals surface area contributed by atoms with Gasteiger partial charge in [0.2, 0.25) is 0 Å². The van der Waals surface area contributed by atoms with Crippen molar-refractivity contribution >= 4 is 5.69 Å². The van der Waals surface area contributed by atoms with Crippen molar-refractivity contribution in [3.8, 4) is 5.69 Å². The Labute approximate surface area is 136 Å². The molecule has 0 unspecified atom stereocenters. The number of halogens is 1. The molecule has 3 N–H and O–H groups in total. The van der Waals surface area contributed by atoms with Gasteiger partial charge < -0.3 is 11.1 Å². The fourth-order valence-corrected chi connectivity index (χ4v) is 3.40. The first kappa shape index (κ1) is 16.0. The summed E-state index contributed by atoms with van der Waals surface area (Å²) in [5.74, 6) is 0.201. The van der Waals surface area contributed by atoms with E-state index >= 15 is 0 Å². The van der Waals surface area contributed by atoms with E-state index < -0.39 is 0 Å². The van der Waals surface area contributed by atoms with E-state index in [0.29, 0.717) is 18.2 Å². The monoisotopic (exact) mass is 316 g/mol. The molecule has 124 valence electrons. The lowest BCUT2D eigenvalue weighted by molar-refractivity contribution is 0.429. The smallest absolute Gasteiger partial charge is 0.148 e. The average molecular weight is 316 g/mol. The zero-order valence-corrected chi connectivity index (χ0v) is 13.5. The van der Waals surface area contributed by atoms with E-state index in [1.165, 1.54) is 25.3 Å². The summed E-state index contributed by atoms with van der Waals surface area (Å²) < 4.78 is 16.0. The number of nitrogens with one attached hydrogen (secondary N) is 1. The first-order valence-corrected chi connectivity index (χ1v) is 8.58. The number of rotatable bonds is 6. The maximum atomic E-state index is 14.2. The minimum Gasteiger partial charge on any atom is -0.382 e. The summed E-state index contributed by atoms with van der Waals surface area (Å²) in [6.07, 6.45) is 8.78. The second-order valence-corrected chi connectivity index (χ2v) is 6.21. The molecule has 3 rings (SSSR count). The molecule has 1 heterocycles. The summed E-state index contributed by atoms with van der Waals surface area (Å²) in [5.41, 5.74) is 8.25. The molecule has 1 aromatic heterocycles. The minimum absolute atomic E-state index is 0.235. The highest BCUT2D eigenvalue weighted by atomic mass is 19.1. The van der Waals surface area contributed by atoms with Crippen LogP contribution in [0.3, 0.4) is 0 Å². The predicted molar refractivity (Wildman–Crippen MR) is 91.5 cm³/mol. The van der Waals surface area contributed by atoms with Gasteiger partial charge in [0, 0.05) is 12.5 Å². The van der Waals surface area contributed by atoms with Crippen LogP contribution in [0.25, 0.3) is 5.69 Å². The maximum Gasteiger partial charge on any atom is 0.148 e. The molecule has 0 atom stereocenters. The zero-order chi connectivity index (χ0) is 16.1. The normalized spacial score (nSPS) is 15.7. The van der Waals surface area contributed by atoms with Crippen LogP contribution in [-0.4, -0.2) is 22.9 Å². The van der Waals surface area contributed by atoms with Gasteiger partial charge in [0.05, 0.1) is 17.6 Å². The molecule has 1 saturated carbocycles. The number of aromatic nitrogens is 2. The Bertz CT molecular complexity index is 632. The third-order valence-corrected chi connectivity index (χ3v) is 4.58. The third kappa shape index (κ3) is 3.55. The molecule has 1 aromatic carbocycles. The van der Waals surface area contributed by atoms with E-state index in [9.17, 15) is 4.39 Å². The van der Waals surface area contributed by atoms with Gasteiger partial charge in [0.1, 0.15) is 11.5 Å². The first-order chi connectivity index (χ1) is 11.3. The number of hydrogen-bond acceptors (Lipinski definition) is 3. The lowest BCUT2D eigenvalue weighted by Crippen LogP contribution is -2.15. The second-order valence-electron chi connectivity index (χ2n) is 6.21. The van der Waals surface area contributed by atoms with Gasteiger partial charge in [-0.05, 0) is 37.9 Å². The van der Waals surface area contributed by atoms with Gasteiger partial charge in [-0.25, -0.2) is 9.07 Å². The number of nitrogens with two attached hydrogens (primary N) is 1. The summed E-state index contributed by atoms with van der Waals surface area (Å²) in [6, 6.07) is 6.84. The Hall–Kier alpha value is -1.88. The van der Waals surface area contributed by atoms with Crippen molar-refractivity contribution < 1.29 is 4.39 Å². The van der Waals surface area contributed by atoms with Gasteiger partial charge >= 0.3 is 0 Å². The molecule has 1 aliphatic rings. The highest BCUT2D eigenvalue weighted by Gasteiger charge is 2.24. The average Bonchev–Trinajstić information content (AvgIpc) is 3.00. The van der Waals surface area contributed by atoms with Crippen LogP contribution in [-0.2, 0) is 0 Å². The molecule has 4 nitrogen and oxygen atoms in total.